The summed E-state index contributed by atoms with van der Waals surface area (Å²) in [7, 11) is 0. The Balaban J connectivity index is 3.40. The Kier molecular flexibility index (Phi) is 2.95. The second-order valence-corrected chi connectivity index (χ2v) is 2.69. The predicted octanol–water partition coefficient (Wildman–Crippen LogP) is 1.83. The normalized spacial score (nSPS) is 10.6. The number of aromatic nitrogens is 1. The van der Waals surface area contributed by atoms with Gasteiger partial charge in [-0.05, 0) is 11.6 Å². The van der Waals surface area contributed by atoms with Gasteiger partial charge in [-0.25, -0.2) is 8.78 Å². The zero-order valence-electron chi connectivity index (χ0n) is 6.48. The lowest BCUT2D eigenvalue weighted by Crippen LogP contribution is -2.16. The molecule has 1 rings (SSSR count). The van der Waals surface area contributed by atoms with E-state index in [1.54, 1.807) is 4.98 Å². The van der Waals surface area contributed by atoms with E-state index >= 15 is 0 Å². The lowest BCUT2D eigenvalue weighted by Gasteiger charge is -2.01. The summed E-state index contributed by atoms with van der Waals surface area (Å²) in [5.41, 5.74) is -3.12. The molecule has 1 heterocycles. The highest BCUT2D eigenvalue weighted by molar-refractivity contribution is 6.67. The quantitative estimate of drug-likeness (QED) is 0.617. The number of alkyl halides is 2. The van der Waals surface area contributed by atoms with E-state index in [0.717, 1.165) is 0 Å². The third-order valence-corrected chi connectivity index (χ3v) is 1.66. The van der Waals surface area contributed by atoms with Gasteiger partial charge in [-0.2, -0.15) is 4.39 Å². The predicted molar refractivity (Wildman–Crippen MR) is 42.2 cm³/mol. The monoisotopic (exact) mass is 225 g/mol. The van der Waals surface area contributed by atoms with E-state index in [0.29, 0.717) is 6.07 Å². The van der Waals surface area contributed by atoms with Crippen LogP contribution in [0.2, 0.25) is 0 Å². The van der Waals surface area contributed by atoms with E-state index in [-0.39, 0.29) is 0 Å². The first kappa shape index (κ1) is 10.8. The number of carbonyl (C=O) groups excluding carboxylic acids is 1. The largest absolute Gasteiger partial charge is 0.327 e. The van der Waals surface area contributed by atoms with Gasteiger partial charge in [0.15, 0.2) is 5.43 Å². The van der Waals surface area contributed by atoms with Crippen molar-refractivity contribution in [2.45, 2.75) is 6.43 Å². The number of H-pyrrole nitrogens is 1. The number of aromatic amines is 1. The number of carbonyl (C=O) groups is 1. The molecule has 0 radical (unpaired) electrons. The fourth-order valence-corrected chi connectivity index (χ4v) is 0.950. The molecule has 1 N–H and O–H groups in total. The van der Waals surface area contributed by atoms with Crippen LogP contribution in [-0.2, 0) is 0 Å². The molecule has 0 aliphatic heterocycles. The van der Waals surface area contributed by atoms with E-state index in [4.69, 9.17) is 11.6 Å². The molecular formula is C7H3ClF3NO2. The second kappa shape index (κ2) is 3.83. The number of hydrogen-bond donors (Lipinski definition) is 1. The van der Waals surface area contributed by atoms with Gasteiger partial charge in [0.05, 0.1) is 0 Å². The van der Waals surface area contributed by atoms with Gasteiger partial charge in [-0.3, -0.25) is 9.59 Å². The van der Waals surface area contributed by atoms with Crippen LogP contribution in [0.5, 0.6) is 0 Å². The fraction of sp³-hybridized carbons (Fsp3) is 0.143. The van der Waals surface area contributed by atoms with Crippen molar-refractivity contribution >= 4 is 16.8 Å². The molecular weight excluding hydrogens is 223 g/mol. The standard InChI is InChI=1S/C7H3ClF3NO2/c8-5(14)2-1-3(13)4(6(9)10)7(11)12-2/h1,6H,(H,12,13). The Morgan fingerprint density at radius 2 is 2.07 bits per heavy atom. The second-order valence-electron chi connectivity index (χ2n) is 2.35. The molecule has 0 aliphatic rings. The summed E-state index contributed by atoms with van der Waals surface area (Å²) in [6.07, 6.45) is -3.24. The Bertz CT molecular complexity index is 429. The molecule has 0 saturated carbocycles. The summed E-state index contributed by atoms with van der Waals surface area (Å²) in [6.45, 7) is 0. The topological polar surface area (TPSA) is 49.9 Å². The van der Waals surface area contributed by atoms with Crippen LogP contribution in [-0.4, -0.2) is 10.2 Å². The number of halogens is 4. The molecule has 1 aromatic heterocycles. The highest BCUT2D eigenvalue weighted by Gasteiger charge is 2.20. The van der Waals surface area contributed by atoms with Crippen LogP contribution >= 0.6 is 11.6 Å². The molecule has 0 saturated heterocycles. The molecule has 0 aliphatic carbocycles. The van der Waals surface area contributed by atoms with Crippen molar-refractivity contribution in [3.63, 3.8) is 0 Å². The van der Waals surface area contributed by atoms with E-state index in [1.165, 1.54) is 0 Å². The van der Waals surface area contributed by atoms with Crippen molar-refractivity contribution in [2.75, 3.05) is 0 Å². The highest BCUT2D eigenvalue weighted by Crippen LogP contribution is 2.17. The molecule has 1 aromatic rings. The van der Waals surface area contributed by atoms with Gasteiger partial charge in [0.1, 0.15) is 11.3 Å². The van der Waals surface area contributed by atoms with E-state index in [2.05, 4.69) is 0 Å². The SMILES string of the molecule is O=C(Cl)c1cc(=O)c(C(F)F)c(F)[nH]1. The van der Waals surface area contributed by atoms with Crippen molar-refractivity contribution in [1.82, 2.24) is 4.98 Å². The average molecular weight is 226 g/mol. The molecule has 0 spiro atoms. The maximum absolute atomic E-state index is 12.8. The lowest BCUT2D eigenvalue weighted by atomic mass is 10.2. The van der Waals surface area contributed by atoms with Crippen LogP contribution in [0, 0.1) is 5.95 Å². The number of pyridine rings is 1. The molecule has 0 aromatic carbocycles. The van der Waals surface area contributed by atoms with E-state index in [1.807, 2.05) is 0 Å². The Morgan fingerprint density at radius 1 is 1.50 bits per heavy atom. The van der Waals surface area contributed by atoms with E-state index < -0.39 is 34.3 Å². The van der Waals surface area contributed by atoms with Crippen LogP contribution in [0.3, 0.4) is 0 Å². The number of hydrogen-bond acceptors (Lipinski definition) is 2. The van der Waals surface area contributed by atoms with Gasteiger partial charge in [0, 0.05) is 6.07 Å². The zero-order valence-corrected chi connectivity index (χ0v) is 7.24. The zero-order chi connectivity index (χ0) is 10.9. The summed E-state index contributed by atoms with van der Waals surface area (Å²) in [5, 5.41) is -1.12. The van der Waals surface area contributed by atoms with Gasteiger partial charge in [-0.1, -0.05) is 0 Å². The summed E-state index contributed by atoms with van der Waals surface area (Å²) in [6, 6.07) is 0.528. The molecule has 0 amide bonds. The van der Waals surface area contributed by atoms with Crippen molar-refractivity contribution < 1.29 is 18.0 Å². The van der Waals surface area contributed by atoms with Gasteiger partial charge in [0.25, 0.3) is 11.7 Å². The van der Waals surface area contributed by atoms with Crippen molar-refractivity contribution in [3.8, 4) is 0 Å². The minimum atomic E-state index is -3.24. The van der Waals surface area contributed by atoms with Gasteiger partial charge in [-0.15, -0.1) is 0 Å². The summed E-state index contributed by atoms with van der Waals surface area (Å²) < 4.78 is 36.9. The van der Waals surface area contributed by atoms with Crippen molar-refractivity contribution in [2.24, 2.45) is 0 Å². The van der Waals surface area contributed by atoms with Gasteiger partial charge < -0.3 is 4.98 Å². The van der Waals surface area contributed by atoms with Gasteiger partial charge in [0.2, 0.25) is 5.95 Å². The Hall–Kier alpha value is -1.30. The average Bonchev–Trinajstić information content (AvgIpc) is 2.01. The minimum Gasteiger partial charge on any atom is -0.327 e. The molecule has 7 heteroatoms. The molecule has 0 fully saturated rings. The van der Waals surface area contributed by atoms with Crippen LogP contribution in [0.25, 0.3) is 0 Å². The van der Waals surface area contributed by atoms with Crippen LogP contribution in [0.1, 0.15) is 22.5 Å². The first-order valence-electron chi connectivity index (χ1n) is 3.34. The highest BCUT2D eigenvalue weighted by atomic mass is 35.5. The summed E-state index contributed by atoms with van der Waals surface area (Å²) >= 11 is 4.92. The third kappa shape index (κ3) is 1.95. The Morgan fingerprint density at radius 3 is 2.43 bits per heavy atom. The molecule has 0 unspecified atom stereocenters. The first-order chi connectivity index (χ1) is 6.43. The van der Waals surface area contributed by atoms with Crippen LogP contribution < -0.4 is 5.43 Å². The first-order valence-corrected chi connectivity index (χ1v) is 3.72. The lowest BCUT2D eigenvalue weighted by molar-refractivity contribution is 0.107. The Labute approximate surface area is 80.5 Å². The molecule has 3 nitrogen and oxygen atoms in total. The molecule has 14 heavy (non-hydrogen) atoms. The number of rotatable bonds is 2. The maximum atomic E-state index is 12.8. The summed E-state index contributed by atoms with van der Waals surface area (Å²) in [5.74, 6) is -1.54. The molecule has 0 atom stereocenters. The third-order valence-electron chi connectivity index (χ3n) is 1.45. The minimum absolute atomic E-state index is 0.528. The van der Waals surface area contributed by atoms with Crippen LogP contribution in [0.4, 0.5) is 13.2 Å². The fourth-order valence-electron chi connectivity index (χ4n) is 0.848. The molecule has 0 bridgehead atoms. The van der Waals surface area contributed by atoms with Gasteiger partial charge >= 0.3 is 0 Å². The van der Waals surface area contributed by atoms with Crippen molar-refractivity contribution in [1.29, 1.82) is 0 Å². The van der Waals surface area contributed by atoms with Crippen molar-refractivity contribution in [3.05, 3.63) is 33.5 Å². The molecule has 76 valence electrons. The van der Waals surface area contributed by atoms with Crippen LogP contribution in [0.15, 0.2) is 10.9 Å². The summed E-state index contributed by atoms with van der Waals surface area (Å²) in [4.78, 5) is 23.0. The van der Waals surface area contributed by atoms with E-state index in [9.17, 15) is 22.8 Å². The number of nitrogens with one attached hydrogen (secondary N) is 1. The maximum Gasteiger partial charge on any atom is 0.271 e. The smallest absolute Gasteiger partial charge is 0.271 e.